The zero-order valence-electron chi connectivity index (χ0n) is 8.89. The molecule has 2 N–H and O–H groups in total. The van der Waals surface area contributed by atoms with Gasteiger partial charge in [0.15, 0.2) is 6.29 Å². The Morgan fingerprint density at radius 3 is 2.21 bits per heavy atom. The molecule has 0 radical (unpaired) electrons. The first-order chi connectivity index (χ1) is 6.68. The van der Waals surface area contributed by atoms with Crippen molar-refractivity contribution < 1.29 is 10.2 Å². The third-order valence-corrected chi connectivity index (χ3v) is 4.01. The molecule has 0 aromatic heterocycles. The van der Waals surface area contributed by atoms with Crippen molar-refractivity contribution in [3.05, 3.63) is 0 Å². The maximum atomic E-state index is 9.43. The van der Waals surface area contributed by atoms with E-state index >= 15 is 0 Å². The average Bonchev–Trinajstić information content (AvgIpc) is 2.42. The highest BCUT2D eigenvalue weighted by Gasteiger charge is 2.39. The Balaban J connectivity index is 1.95. The molecule has 1 heterocycles. The van der Waals surface area contributed by atoms with Gasteiger partial charge in [-0.3, -0.25) is 0 Å². The van der Waals surface area contributed by atoms with Crippen LogP contribution in [0.5, 0.6) is 0 Å². The van der Waals surface area contributed by atoms with Gasteiger partial charge in [0.2, 0.25) is 0 Å². The molecule has 82 valence electrons. The van der Waals surface area contributed by atoms with E-state index in [4.69, 9.17) is 0 Å². The molecule has 0 aromatic carbocycles. The highest BCUT2D eigenvalue weighted by atomic mass is 16.5. The molecule has 2 atom stereocenters. The Bertz CT molecular complexity index is 192. The quantitative estimate of drug-likeness (QED) is 0.656. The van der Waals surface area contributed by atoms with E-state index in [-0.39, 0.29) is 5.92 Å². The van der Waals surface area contributed by atoms with Crippen molar-refractivity contribution in [1.29, 1.82) is 0 Å². The molecular formula is C11H21NO2. The third kappa shape index (κ3) is 1.95. The van der Waals surface area contributed by atoms with E-state index < -0.39 is 6.29 Å². The van der Waals surface area contributed by atoms with E-state index in [1.807, 2.05) is 0 Å². The van der Waals surface area contributed by atoms with Crippen LogP contribution in [0.2, 0.25) is 0 Å². The van der Waals surface area contributed by atoms with E-state index in [2.05, 4.69) is 11.9 Å². The molecule has 2 fully saturated rings. The molecule has 1 aliphatic heterocycles. The van der Waals surface area contributed by atoms with Crippen LogP contribution in [0.25, 0.3) is 0 Å². The summed E-state index contributed by atoms with van der Waals surface area (Å²) < 4.78 is 0. The monoisotopic (exact) mass is 199 g/mol. The summed E-state index contributed by atoms with van der Waals surface area (Å²) in [6.07, 6.45) is 3.70. The van der Waals surface area contributed by atoms with Gasteiger partial charge in [0, 0.05) is 12.5 Å². The molecule has 0 bridgehead atoms. The lowest BCUT2D eigenvalue weighted by Gasteiger charge is -2.38. The van der Waals surface area contributed by atoms with Crippen LogP contribution in [-0.4, -0.2) is 41.5 Å². The Hall–Kier alpha value is -0.120. The molecule has 0 aromatic rings. The van der Waals surface area contributed by atoms with Gasteiger partial charge in [-0.1, -0.05) is 6.42 Å². The van der Waals surface area contributed by atoms with Crippen LogP contribution in [0.15, 0.2) is 0 Å². The SMILES string of the molecule is CN1CCC(C(C(O)O)C2CCC2)C1. The summed E-state index contributed by atoms with van der Waals surface area (Å²) in [7, 11) is 2.11. The lowest BCUT2D eigenvalue weighted by molar-refractivity contribution is -0.127. The lowest BCUT2D eigenvalue weighted by atomic mass is 9.70. The fourth-order valence-electron chi connectivity index (χ4n) is 2.98. The number of nitrogens with zero attached hydrogens (tertiary/aromatic N) is 1. The fraction of sp³-hybridized carbons (Fsp3) is 1.00. The van der Waals surface area contributed by atoms with Gasteiger partial charge in [-0.05, 0) is 44.7 Å². The van der Waals surface area contributed by atoms with Crippen molar-refractivity contribution in [3.8, 4) is 0 Å². The lowest BCUT2D eigenvalue weighted by Crippen LogP contribution is -2.38. The van der Waals surface area contributed by atoms with Gasteiger partial charge in [0.1, 0.15) is 0 Å². The maximum Gasteiger partial charge on any atom is 0.154 e. The zero-order chi connectivity index (χ0) is 10.1. The number of likely N-dealkylation sites (tertiary alicyclic amines) is 1. The highest BCUT2D eigenvalue weighted by molar-refractivity contribution is 4.87. The van der Waals surface area contributed by atoms with Crippen molar-refractivity contribution in [2.24, 2.45) is 17.8 Å². The largest absolute Gasteiger partial charge is 0.368 e. The third-order valence-electron chi connectivity index (χ3n) is 4.01. The van der Waals surface area contributed by atoms with Gasteiger partial charge in [-0.2, -0.15) is 0 Å². The molecule has 0 spiro atoms. The number of hydrogen-bond donors (Lipinski definition) is 2. The van der Waals surface area contributed by atoms with Gasteiger partial charge < -0.3 is 15.1 Å². The van der Waals surface area contributed by atoms with E-state index in [1.54, 1.807) is 0 Å². The predicted molar refractivity (Wildman–Crippen MR) is 54.7 cm³/mol. The number of hydrogen-bond acceptors (Lipinski definition) is 3. The van der Waals surface area contributed by atoms with Crippen molar-refractivity contribution >= 4 is 0 Å². The minimum Gasteiger partial charge on any atom is -0.368 e. The second-order valence-corrected chi connectivity index (χ2v) is 4.99. The summed E-state index contributed by atoms with van der Waals surface area (Å²) in [4.78, 5) is 2.29. The van der Waals surface area contributed by atoms with Crippen LogP contribution in [0, 0.1) is 17.8 Å². The molecule has 1 aliphatic carbocycles. The smallest absolute Gasteiger partial charge is 0.154 e. The second kappa shape index (κ2) is 4.17. The zero-order valence-corrected chi connectivity index (χ0v) is 8.89. The van der Waals surface area contributed by atoms with Gasteiger partial charge >= 0.3 is 0 Å². The topological polar surface area (TPSA) is 43.7 Å². The molecule has 3 heteroatoms. The van der Waals surface area contributed by atoms with Crippen LogP contribution >= 0.6 is 0 Å². The second-order valence-electron chi connectivity index (χ2n) is 4.99. The summed E-state index contributed by atoms with van der Waals surface area (Å²) in [6.45, 7) is 2.15. The first kappa shape index (κ1) is 10.4. The minimum atomic E-state index is -1.10. The maximum absolute atomic E-state index is 9.43. The summed E-state index contributed by atoms with van der Waals surface area (Å²) in [5, 5.41) is 18.9. The van der Waals surface area contributed by atoms with E-state index in [0.29, 0.717) is 11.8 Å². The Morgan fingerprint density at radius 2 is 1.86 bits per heavy atom. The van der Waals surface area contributed by atoms with Crippen molar-refractivity contribution in [1.82, 2.24) is 4.90 Å². The van der Waals surface area contributed by atoms with Crippen molar-refractivity contribution in [3.63, 3.8) is 0 Å². The molecular weight excluding hydrogens is 178 g/mol. The highest BCUT2D eigenvalue weighted by Crippen LogP contribution is 2.41. The molecule has 14 heavy (non-hydrogen) atoms. The van der Waals surface area contributed by atoms with E-state index in [1.165, 1.54) is 19.3 Å². The van der Waals surface area contributed by atoms with Crippen LogP contribution in [0.3, 0.4) is 0 Å². The van der Waals surface area contributed by atoms with Crippen LogP contribution < -0.4 is 0 Å². The fourth-order valence-corrected chi connectivity index (χ4v) is 2.98. The van der Waals surface area contributed by atoms with Crippen LogP contribution in [0.1, 0.15) is 25.7 Å². The number of aliphatic hydroxyl groups excluding tert-OH is 1. The molecule has 1 saturated heterocycles. The number of rotatable bonds is 3. The number of aliphatic hydroxyl groups is 2. The summed E-state index contributed by atoms with van der Waals surface area (Å²) >= 11 is 0. The van der Waals surface area contributed by atoms with Crippen molar-refractivity contribution in [2.45, 2.75) is 32.0 Å². The normalized spacial score (nSPS) is 32.1. The van der Waals surface area contributed by atoms with Gasteiger partial charge in [0.05, 0.1) is 0 Å². The summed E-state index contributed by atoms with van der Waals surface area (Å²) in [6, 6.07) is 0. The molecule has 2 unspecified atom stereocenters. The molecule has 3 nitrogen and oxygen atoms in total. The molecule has 0 amide bonds. The predicted octanol–water partition coefficient (Wildman–Crippen LogP) is 0.665. The van der Waals surface area contributed by atoms with Gasteiger partial charge in [0.25, 0.3) is 0 Å². The standard InChI is InChI=1S/C11H21NO2/c1-12-6-5-9(7-12)10(11(13)14)8-3-2-4-8/h8-11,13-14H,2-7H2,1H3. The summed E-state index contributed by atoms with van der Waals surface area (Å²) in [5.41, 5.74) is 0. The molecule has 1 saturated carbocycles. The first-order valence-corrected chi connectivity index (χ1v) is 5.73. The average molecular weight is 199 g/mol. The Labute approximate surface area is 85.7 Å². The van der Waals surface area contributed by atoms with E-state index in [0.717, 1.165) is 19.5 Å². The Kier molecular flexibility index (Phi) is 3.10. The van der Waals surface area contributed by atoms with Gasteiger partial charge in [-0.15, -0.1) is 0 Å². The summed E-state index contributed by atoms with van der Waals surface area (Å²) in [5.74, 6) is 1.21. The van der Waals surface area contributed by atoms with Crippen LogP contribution in [0.4, 0.5) is 0 Å². The van der Waals surface area contributed by atoms with Crippen molar-refractivity contribution in [2.75, 3.05) is 20.1 Å². The van der Waals surface area contributed by atoms with Gasteiger partial charge in [-0.25, -0.2) is 0 Å². The first-order valence-electron chi connectivity index (χ1n) is 5.73. The molecule has 2 rings (SSSR count). The van der Waals surface area contributed by atoms with E-state index in [9.17, 15) is 10.2 Å². The van der Waals surface area contributed by atoms with Crippen LogP contribution in [-0.2, 0) is 0 Å². The minimum absolute atomic E-state index is 0.133. The molecule has 2 aliphatic rings. The Morgan fingerprint density at radius 1 is 1.14 bits per heavy atom.